The van der Waals surface area contributed by atoms with Crippen LogP contribution in [0.1, 0.15) is 26.2 Å². The summed E-state index contributed by atoms with van der Waals surface area (Å²) in [4.78, 5) is 13.7. The molecule has 1 aliphatic heterocycles. The van der Waals surface area contributed by atoms with E-state index < -0.39 is 0 Å². The largest absolute Gasteiger partial charge is 0.381 e. The molecular weight excluding hydrogens is 192 g/mol. The van der Waals surface area contributed by atoms with Gasteiger partial charge in [-0.1, -0.05) is 6.92 Å². The number of carbonyl (C=O) groups is 1. The van der Waals surface area contributed by atoms with Crippen LogP contribution in [0.5, 0.6) is 0 Å². The highest BCUT2D eigenvalue weighted by molar-refractivity contribution is 5.76. The lowest BCUT2D eigenvalue weighted by Gasteiger charge is -2.31. The van der Waals surface area contributed by atoms with E-state index >= 15 is 0 Å². The van der Waals surface area contributed by atoms with E-state index in [2.05, 4.69) is 0 Å². The number of amides is 1. The van der Waals surface area contributed by atoms with Crippen molar-refractivity contribution in [3.05, 3.63) is 0 Å². The van der Waals surface area contributed by atoms with Crippen LogP contribution in [0, 0.1) is 5.92 Å². The minimum absolute atomic E-state index is 0.238. The van der Waals surface area contributed by atoms with Crippen LogP contribution in [0.15, 0.2) is 0 Å². The van der Waals surface area contributed by atoms with Crippen molar-refractivity contribution >= 4 is 5.91 Å². The third-order valence-corrected chi connectivity index (χ3v) is 3.05. The van der Waals surface area contributed by atoms with Crippen LogP contribution in [0.3, 0.4) is 0 Å². The molecule has 0 aromatic rings. The number of likely N-dealkylation sites (tertiary alicyclic amines) is 1. The van der Waals surface area contributed by atoms with Gasteiger partial charge in [0.15, 0.2) is 0 Å². The molecule has 1 unspecified atom stereocenters. The van der Waals surface area contributed by atoms with Gasteiger partial charge in [0, 0.05) is 26.6 Å². The lowest BCUT2D eigenvalue weighted by molar-refractivity contribution is -0.134. The van der Waals surface area contributed by atoms with Crippen LogP contribution in [0.25, 0.3) is 0 Å². The van der Waals surface area contributed by atoms with Crippen molar-refractivity contribution in [1.82, 2.24) is 4.90 Å². The van der Waals surface area contributed by atoms with Gasteiger partial charge in [-0.3, -0.25) is 4.79 Å². The van der Waals surface area contributed by atoms with Crippen LogP contribution < -0.4 is 5.73 Å². The van der Waals surface area contributed by atoms with Crippen molar-refractivity contribution in [3.8, 4) is 0 Å². The standard InChI is InChI=1S/C11H22N2O2/c1-9(8-12)7-11(14)13-5-3-10(15-2)4-6-13/h9-10H,3-8,12H2,1-2H3. The number of methoxy groups -OCH3 is 1. The summed E-state index contributed by atoms with van der Waals surface area (Å²) >= 11 is 0. The van der Waals surface area contributed by atoms with Crippen LogP contribution in [0.2, 0.25) is 0 Å². The Hall–Kier alpha value is -0.610. The van der Waals surface area contributed by atoms with Crippen molar-refractivity contribution in [2.45, 2.75) is 32.3 Å². The van der Waals surface area contributed by atoms with E-state index in [1.54, 1.807) is 7.11 Å². The number of nitrogens with two attached hydrogens (primary N) is 1. The average molecular weight is 214 g/mol. The Morgan fingerprint density at radius 3 is 2.60 bits per heavy atom. The maximum atomic E-state index is 11.8. The number of ether oxygens (including phenoxy) is 1. The van der Waals surface area contributed by atoms with Crippen LogP contribution in [-0.2, 0) is 9.53 Å². The zero-order chi connectivity index (χ0) is 11.3. The molecule has 1 atom stereocenters. The molecule has 88 valence electrons. The molecule has 0 radical (unpaired) electrons. The first-order valence-corrected chi connectivity index (χ1v) is 5.68. The van der Waals surface area contributed by atoms with Gasteiger partial charge >= 0.3 is 0 Å². The zero-order valence-corrected chi connectivity index (χ0v) is 9.74. The quantitative estimate of drug-likeness (QED) is 0.746. The Kier molecular flexibility index (Phi) is 5.05. The second kappa shape index (κ2) is 6.08. The molecule has 0 saturated carbocycles. The van der Waals surface area contributed by atoms with E-state index in [-0.39, 0.29) is 11.8 Å². The molecule has 1 rings (SSSR count). The predicted octanol–water partition coefficient (Wildman–Crippen LogP) is 0.609. The molecule has 4 nitrogen and oxygen atoms in total. The number of hydrogen-bond acceptors (Lipinski definition) is 3. The third kappa shape index (κ3) is 3.80. The molecule has 1 heterocycles. The first-order valence-electron chi connectivity index (χ1n) is 5.68. The monoisotopic (exact) mass is 214 g/mol. The van der Waals surface area contributed by atoms with Crippen molar-refractivity contribution in [2.24, 2.45) is 11.7 Å². The lowest BCUT2D eigenvalue weighted by atomic mass is 10.0. The van der Waals surface area contributed by atoms with Gasteiger partial charge in [0.2, 0.25) is 5.91 Å². The van der Waals surface area contributed by atoms with E-state index in [4.69, 9.17) is 10.5 Å². The van der Waals surface area contributed by atoms with E-state index in [1.165, 1.54) is 0 Å². The first-order chi connectivity index (χ1) is 7.17. The maximum Gasteiger partial charge on any atom is 0.222 e. The molecule has 1 saturated heterocycles. The van der Waals surface area contributed by atoms with E-state index in [1.807, 2.05) is 11.8 Å². The lowest BCUT2D eigenvalue weighted by Crippen LogP contribution is -2.41. The summed E-state index contributed by atoms with van der Waals surface area (Å²) < 4.78 is 5.26. The van der Waals surface area contributed by atoms with Crippen LogP contribution >= 0.6 is 0 Å². The minimum Gasteiger partial charge on any atom is -0.381 e. The number of carbonyl (C=O) groups excluding carboxylic acids is 1. The Balaban J connectivity index is 2.30. The van der Waals surface area contributed by atoms with E-state index in [9.17, 15) is 4.79 Å². The molecule has 0 aromatic carbocycles. The average Bonchev–Trinajstić information content (AvgIpc) is 2.29. The molecule has 1 aliphatic rings. The first kappa shape index (κ1) is 12.5. The highest BCUT2D eigenvalue weighted by atomic mass is 16.5. The van der Waals surface area contributed by atoms with Crippen molar-refractivity contribution in [1.29, 1.82) is 0 Å². The van der Waals surface area contributed by atoms with Gasteiger partial charge in [-0.15, -0.1) is 0 Å². The Morgan fingerprint density at radius 2 is 2.13 bits per heavy atom. The molecule has 15 heavy (non-hydrogen) atoms. The van der Waals surface area contributed by atoms with Crippen molar-refractivity contribution < 1.29 is 9.53 Å². The van der Waals surface area contributed by atoms with Crippen LogP contribution in [-0.4, -0.2) is 43.7 Å². The van der Waals surface area contributed by atoms with E-state index in [0.29, 0.717) is 19.1 Å². The van der Waals surface area contributed by atoms with Crippen molar-refractivity contribution in [2.75, 3.05) is 26.7 Å². The number of piperidine rings is 1. The fourth-order valence-electron chi connectivity index (χ4n) is 1.85. The molecule has 0 spiro atoms. The van der Waals surface area contributed by atoms with Gasteiger partial charge in [-0.25, -0.2) is 0 Å². The molecule has 4 heteroatoms. The topological polar surface area (TPSA) is 55.6 Å². The molecule has 0 aliphatic carbocycles. The molecule has 2 N–H and O–H groups in total. The SMILES string of the molecule is COC1CCN(C(=O)CC(C)CN)CC1. The fourth-order valence-corrected chi connectivity index (χ4v) is 1.85. The summed E-state index contributed by atoms with van der Waals surface area (Å²) in [5.74, 6) is 0.528. The van der Waals surface area contributed by atoms with Gasteiger partial charge in [-0.05, 0) is 25.3 Å². The van der Waals surface area contributed by atoms with Crippen LogP contribution in [0.4, 0.5) is 0 Å². The highest BCUT2D eigenvalue weighted by Gasteiger charge is 2.22. The number of hydrogen-bond donors (Lipinski definition) is 1. The fraction of sp³-hybridized carbons (Fsp3) is 0.909. The van der Waals surface area contributed by atoms with Gasteiger partial charge in [0.05, 0.1) is 6.10 Å². The second-order valence-electron chi connectivity index (χ2n) is 4.36. The molecule has 1 fully saturated rings. The summed E-state index contributed by atoms with van der Waals surface area (Å²) in [7, 11) is 1.73. The van der Waals surface area contributed by atoms with Gasteiger partial charge in [0.25, 0.3) is 0 Å². The van der Waals surface area contributed by atoms with Crippen molar-refractivity contribution in [3.63, 3.8) is 0 Å². The van der Waals surface area contributed by atoms with E-state index in [0.717, 1.165) is 25.9 Å². The normalized spacial score (nSPS) is 20.3. The highest BCUT2D eigenvalue weighted by Crippen LogP contribution is 2.15. The maximum absolute atomic E-state index is 11.8. The molecular formula is C11H22N2O2. The second-order valence-corrected chi connectivity index (χ2v) is 4.36. The Bertz CT molecular complexity index is 201. The van der Waals surface area contributed by atoms with Gasteiger partial charge in [-0.2, -0.15) is 0 Å². The summed E-state index contributed by atoms with van der Waals surface area (Å²) in [6.45, 7) is 4.25. The zero-order valence-electron chi connectivity index (χ0n) is 9.74. The Labute approximate surface area is 91.8 Å². The number of nitrogens with zero attached hydrogens (tertiary/aromatic N) is 1. The third-order valence-electron chi connectivity index (χ3n) is 3.05. The Morgan fingerprint density at radius 1 is 1.53 bits per heavy atom. The minimum atomic E-state index is 0.238. The number of rotatable bonds is 4. The molecule has 0 aromatic heterocycles. The summed E-state index contributed by atoms with van der Waals surface area (Å²) in [5.41, 5.74) is 5.50. The van der Waals surface area contributed by atoms with Gasteiger partial charge < -0.3 is 15.4 Å². The summed E-state index contributed by atoms with van der Waals surface area (Å²) in [6.07, 6.45) is 2.83. The molecule has 1 amide bonds. The smallest absolute Gasteiger partial charge is 0.222 e. The molecule has 0 bridgehead atoms. The predicted molar refractivity (Wildman–Crippen MR) is 59.4 cm³/mol. The summed E-state index contributed by atoms with van der Waals surface area (Å²) in [6, 6.07) is 0. The van der Waals surface area contributed by atoms with Gasteiger partial charge in [0.1, 0.15) is 0 Å². The summed E-state index contributed by atoms with van der Waals surface area (Å²) in [5, 5.41) is 0.